The van der Waals surface area contributed by atoms with E-state index in [4.69, 9.17) is 4.74 Å². The molecule has 3 aliphatic rings. The first-order valence-electron chi connectivity index (χ1n) is 12.3. The van der Waals surface area contributed by atoms with Crippen molar-refractivity contribution in [2.45, 2.75) is 49.8 Å². The number of nitrogens with zero attached hydrogens (tertiary/aromatic N) is 1. The van der Waals surface area contributed by atoms with Crippen LogP contribution < -0.4 is 19.7 Å². The topological polar surface area (TPSA) is 87.7 Å². The van der Waals surface area contributed by atoms with Crippen LogP contribution in [-0.4, -0.2) is 34.5 Å². The fourth-order valence-electron chi connectivity index (χ4n) is 5.15. The number of carbonyl (C=O) groups excluding carboxylic acids is 1. The molecule has 2 saturated carbocycles. The number of anilines is 3. The van der Waals surface area contributed by atoms with Gasteiger partial charge in [-0.2, -0.15) is 0 Å². The molecule has 1 saturated heterocycles. The number of amides is 1. The van der Waals surface area contributed by atoms with Crippen molar-refractivity contribution in [2.24, 2.45) is 17.8 Å². The molecular weight excluding hydrogens is 450 g/mol. The number of hydrogen-bond donors (Lipinski definition) is 2. The third-order valence-corrected chi connectivity index (χ3v) is 8.60. The SMILES string of the molecule is COc1ccccc1NS(=O)(=O)c1cc(NC(=O)CC(C2CC2)C2CC2)ccc1N1CCCC1. The summed E-state index contributed by atoms with van der Waals surface area (Å²) in [6, 6.07) is 12.2. The number of carbonyl (C=O) groups is 1. The fraction of sp³-hybridized carbons (Fsp3) is 0.500. The molecule has 2 N–H and O–H groups in total. The standard InChI is InChI=1S/C26H33N3O4S/c1-33-24-7-3-2-6-22(24)28-34(31,32)25-16-20(12-13-23(25)29-14-4-5-15-29)27-26(30)17-21(18-8-9-18)19-10-11-19/h2-3,6-7,12-13,16,18-19,21,28H,4-5,8-11,14-15,17H2,1H3,(H,27,30). The Morgan fingerprint density at radius 1 is 1.06 bits per heavy atom. The Morgan fingerprint density at radius 2 is 1.74 bits per heavy atom. The molecule has 0 radical (unpaired) electrons. The molecular formula is C26H33N3O4S. The molecule has 1 heterocycles. The number of methoxy groups -OCH3 is 1. The predicted molar refractivity (Wildman–Crippen MR) is 134 cm³/mol. The molecule has 7 nitrogen and oxygen atoms in total. The first kappa shape index (κ1) is 23.0. The third kappa shape index (κ3) is 5.17. The Balaban J connectivity index is 1.40. The van der Waals surface area contributed by atoms with Crippen LogP contribution in [0.1, 0.15) is 44.9 Å². The van der Waals surface area contributed by atoms with Crippen molar-refractivity contribution in [3.63, 3.8) is 0 Å². The van der Waals surface area contributed by atoms with E-state index in [0.717, 1.165) is 25.9 Å². The van der Waals surface area contributed by atoms with Crippen molar-refractivity contribution in [3.8, 4) is 5.75 Å². The van der Waals surface area contributed by atoms with E-state index < -0.39 is 10.0 Å². The van der Waals surface area contributed by atoms with Crippen LogP contribution in [0.3, 0.4) is 0 Å². The van der Waals surface area contributed by atoms with Crippen molar-refractivity contribution in [1.82, 2.24) is 0 Å². The van der Waals surface area contributed by atoms with Gasteiger partial charge in [-0.05, 0) is 86.6 Å². The monoisotopic (exact) mass is 483 g/mol. The highest BCUT2D eigenvalue weighted by molar-refractivity contribution is 7.93. The largest absolute Gasteiger partial charge is 0.495 e. The molecule has 2 aromatic carbocycles. The molecule has 2 aromatic rings. The zero-order chi connectivity index (χ0) is 23.7. The van der Waals surface area contributed by atoms with Crippen molar-refractivity contribution in [2.75, 3.05) is 35.1 Å². The van der Waals surface area contributed by atoms with Gasteiger partial charge in [0.1, 0.15) is 10.6 Å². The Hall–Kier alpha value is -2.74. The van der Waals surface area contributed by atoms with Crippen LogP contribution in [0.25, 0.3) is 0 Å². The van der Waals surface area contributed by atoms with Crippen LogP contribution >= 0.6 is 0 Å². The zero-order valence-electron chi connectivity index (χ0n) is 19.6. The smallest absolute Gasteiger partial charge is 0.264 e. The summed E-state index contributed by atoms with van der Waals surface area (Å²) >= 11 is 0. The third-order valence-electron chi connectivity index (χ3n) is 7.21. The van der Waals surface area contributed by atoms with Crippen molar-refractivity contribution in [3.05, 3.63) is 42.5 Å². The maximum Gasteiger partial charge on any atom is 0.264 e. The van der Waals surface area contributed by atoms with E-state index in [-0.39, 0.29) is 10.8 Å². The minimum Gasteiger partial charge on any atom is -0.495 e. The number of hydrogen-bond acceptors (Lipinski definition) is 5. The molecule has 0 spiro atoms. The lowest BCUT2D eigenvalue weighted by Gasteiger charge is -2.23. The van der Waals surface area contributed by atoms with Gasteiger partial charge in [-0.15, -0.1) is 0 Å². The van der Waals surface area contributed by atoms with Crippen molar-refractivity contribution >= 4 is 33.0 Å². The van der Waals surface area contributed by atoms with E-state index in [1.165, 1.54) is 32.8 Å². The molecule has 3 fully saturated rings. The highest BCUT2D eigenvalue weighted by Crippen LogP contribution is 2.50. The number of benzene rings is 2. The fourth-order valence-corrected chi connectivity index (χ4v) is 6.47. The Labute approximate surface area is 201 Å². The molecule has 2 aliphatic carbocycles. The van der Waals surface area contributed by atoms with E-state index in [1.807, 2.05) is 12.1 Å². The van der Waals surface area contributed by atoms with Gasteiger partial charge in [0.25, 0.3) is 10.0 Å². The summed E-state index contributed by atoms with van der Waals surface area (Å²) < 4.78 is 35.1. The molecule has 0 unspecified atom stereocenters. The molecule has 0 atom stereocenters. The Bertz CT molecular complexity index is 1140. The lowest BCUT2D eigenvalue weighted by molar-refractivity contribution is -0.117. The molecule has 34 heavy (non-hydrogen) atoms. The maximum absolute atomic E-state index is 13.6. The van der Waals surface area contributed by atoms with Gasteiger partial charge in [0.05, 0.1) is 18.5 Å². The second-order valence-corrected chi connectivity index (χ2v) is 11.4. The van der Waals surface area contributed by atoms with Gasteiger partial charge in [0.2, 0.25) is 5.91 Å². The van der Waals surface area contributed by atoms with Gasteiger partial charge in [0, 0.05) is 25.2 Å². The van der Waals surface area contributed by atoms with Crippen LogP contribution in [0.2, 0.25) is 0 Å². The minimum atomic E-state index is -3.93. The summed E-state index contributed by atoms with van der Waals surface area (Å²) in [5.74, 6) is 2.27. The van der Waals surface area contributed by atoms with Crippen LogP contribution in [0.5, 0.6) is 5.75 Å². The van der Waals surface area contributed by atoms with Crippen LogP contribution in [0, 0.1) is 17.8 Å². The van der Waals surface area contributed by atoms with E-state index in [0.29, 0.717) is 47.0 Å². The molecule has 0 bridgehead atoms. The van der Waals surface area contributed by atoms with E-state index in [2.05, 4.69) is 14.9 Å². The Kier molecular flexibility index (Phi) is 6.42. The zero-order valence-corrected chi connectivity index (χ0v) is 20.4. The number of rotatable bonds is 10. The Morgan fingerprint density at radius 3 is 2.38 bits per heavy atom. The average molecular weight is 484 g/mol. The van der Waals surface area contributed by atoms with E-state index >= 15 is 0 Å². The highest BCUT2D eigenvalue weighted by atomic mass is 32.2. The number of para-hydroxylation sites is 2. The van der Waals surface area contributed by atoms with Gasteiger partial charge < -0.3 is 15.0 Å². The van der Waals surface area contributed by atoms with Gasteiger partial charge >= 0.3 is 0 Å². The normalized spacial score (nSPS) is 18.2. The van der Waals surface area contributed by atoms with Crippen molar-refractivity contribution < 1.29 is 17.9 Å². The summed E-state index contributed by atoms with van der Waals surface area (Å²) in [6.45, 7) is 1.63. The first-order valence-corrected chi connectivity index (χ1v) is 13.8. The predicted octanol–water partition coefficient (Wildman–Crippen LogP) is 4.86. The van der Waals surface area contributed by atoms with Crippen LogP contribution in [0.4, 0.5) is 17.1 Å². The van der Waals surface area contributed by atoms with Gasteiger partial charge in [-0.25, -0.2) is 8.42 Å². The quantitative estimate of drug-likeness (QED) is 0.504. The lowest BCUT2D eigenvalue weighted by Crippen LogP contribution is -2.24. The summed E-state index contributed by atoms with van der Waals surface area (Å²) in [5.41, 5.74) is 1.55. The van der Waals surface area contributed by atoms with Crippen molar-refractivity contribution in [1.29, 1.82) is 0 Å². The second-order valence-electron chi connectivity index (χ2n) is 9.77. The summed E-state index contributed by atoms with van der Waals surface area (Å²) in [6.07, 6.45) is 7.51. The van der Waals surface area contributed by atoms with Gasteiger partial charge in [-0.1, -0.05) is 12.1 Å². The number of sulfonamides is 1. The number of nitrogens with one attached hydrogen (secondary N) is 2. The minimum absolute atomic E-state index is 0.0289. The second kappa shape index (κ2) is 9.49. The molecule has 1 amide bonds. The molecule has 8 heteroatoms. The summed E-state index contributed by atoms with van der Waals surface area (Å²) in [4.78, 5) is 15.1. The first-order chi connectivity index (χ1) is 16.4. The summed E-state index contributed by atoms with van der Waals surface area (Å²) in [7, 11) is -2.42. The van der Waals surface area contributed by atoms with Crippen LogP contribution in [0.15, 0.2) is 47.4 Å². The lowest BCUT2D eigenvalue weighted by atomic mass is 9.94. The molecule has 0 aromatic heterocycles. The number of ether oxygens (including phenoxy) is 1. The van der Waals surface area contributed by atoms with E-state index in [9.17, 15) is 13.2 Å². The van der Waals surface area contributed by atoms with Gasteiger partial charge in [0.15, 0.2) is 0 Å². The highest BCUT2D eigenvalue weighted by Gasteiger charge is 2.42. The average Bonchev–Trinajstić information content (AvgIpc) is 3.77. The molecule has 1 aliphatic heterocycles. The van der Waals surface area contributed by atoms with Gasteiger partial charge in [-0.3, -0.25) is 9.52 Å². The molecule has 5 rings (SSSR count). The maximum atomic E-state index is 13.6. The molecule has 182 valence electrons. The van der Waals surface area contributed by atoms with E-state index in [1.54, 1.807) is 30.3 Å². The van der Waals surface area contributed by atoms with Crippen LogP contribution in [-0.2, 0) is 14.8 Å². The summed E-state index contributed by atoms with van der Waals surface area (Å²) in [5, 5.41) is 2.98.